The molecule has 0 spiro atoms. The number of fused-ring (bicyclic) bond motifs is 2. The van der Waals surface area contributed by atoms with E-state index in [1.54, 1.807) is 11.8 Å². The summed E-state index contributed by atoms with van der Waals surface area (Å²) < 4.78 is 1.93. The van der Waals surface area contributed by atoms with Crippen molar-refractivity contribution in [3.8, 4) is 0 Å². The van der Waals surface area contributed by atoms with Gasteiger partial charge in [0, 0.05) is 21.9 Å². The van der Waals surface area contributed by atoms with Crippen LogP contribution in [0.1, 0.15) is 11.1 Å². The summed E-state index contributed by atoms with van der Waals surface area (Å²) in [4.78, 5) is 17.4. The van der Waals surface area contributed by atoms with E-state index >= 15 is 0 Å². The van der Waals surface area contributed by atoms with E-state index in [1.165, 1.54) is 0 Å². The number of nitrogens with zero attached hydrogens (tertiary/aromatic N) is 2. The molecule has 0 saturated heterocycles. The zero-order chi connectivity index (χ0) is 21.0. The van der Waals surface area contributed by atoms with Gasteiger partial charge in [-0.1, -0.05) is 78.5 Å². The van der Waals surface area contributed by atoms with Gasteiger partial charge in [-0.2, -0.15) is 4.57 Å². The summed E-state index contributed by atoms with van der Waals surface area (Å²) in [6, 6.07) is 30.4. The van der Waals surface area contributed by atoms with Crippen LogP contribution in [0.3, 0.4) is 0 Å². The zero-order valence-electron chi connectivity index (χ0n) is 16.9. The normalized spacial score (nSPS) is 12.5. The Kier molecular flexibility index (Phi) is 5.38. The third-order valence-electron chi connectivity index (χ3n) is 5.18. The number of pyridine rings is 1. The van der Waals surface area contributed by atoms with Crippen molar-refractivity contribution in [2.45, 2.75) is 16.3 Å². The van der Waals surface area contributed by atoms with Crippen molar-refractivity contribution >= 4 is 41.2 Å². The van der Waals surface area contributed by atoms with Crippen molar-refractivity contribution in [3.05, 3.63) is 115 Å². The summed E-state index contributed by atoms with van der Waals surface area (Å²) in [7, 11) is 0. The molecule has 4 heteroatoms. The Bertz CT molecular complexity index is 1200. The lowest BCUT2D eigenvalue weighted by molar-refractivity contribution is -0.684. The second-order valence-electron chi connectivity index (χ2n) is 7.31. The van der Waals surface area contributed by atoms with E-state index in [1.807, 2.05) is 88.6 Å². The molecule has 0 atom stereocenters. The molecule has 0 saturated carbocycles. The number of hydrogen-bond donors (Lipinski definition) is 0. The molecule has 1 amide bonds. The molecule has 2 heterocycles. The number of para-hydroxylation sites is 2. The summed E-state index contributed by atoms with van der Waals surface area (Å²) in [6.07, 6.45) is 8.08. The van der Waals surface area contributed by atoms with Gasteiger partial charge in [0.1, 0.15) is 0 Å². The Balaban J connectivity index is 1.37. The summed E-state index contributed by atoms with van der Waals surface area (Å²) in [5, 5.41) is 0. The van der Waals surface area contributed by atoms with Gasteiger partial charge in [-0.15, -0.1) is 0 Å². The molecule has 0 aliphatic carbocycles. The van der Waals surface area contributed by atoms with Crippen LogP contribution in [0.15, 0.2) is 113 Å². The Morgan fingerprint density at radius 1 is 0.710 bits per heavy atom. The van der Waals surface area contributed by atoms with Crippen molar-refractivity contribution < 1.29 is 9.36 Å². The van der Waals surface area contributed by atoms with Crippen molar-refractivity contribution in [2.24, 2.45) is 0 Å². The van der Waals surface area contributed by atoms with E-state index in [4.69, 9.17) is 0 Å². The molecule has 1 aliphatic heterocycles. The fraction of sp³-hybridized carbons (Fsp3) is 0.0370. The zero-order valence-corrected chi connectivity index (χ0v) is 17.7. The highest BCUT2D eigenvalue weighted by atomic mass is 32.2. The first-order valence-electron chi connectivity index (χ1n) is 10.2. The summed E-state index contributed by atoms with van der Waals surface area (Å²) >= 11 is 1.71. The van der Waals surface area contributed by atoms with Crippen molar-refractivity contribution in [1.29, 1.82) is 0 Å². The fourth-order valence-corrected chi connectivity index (χ4v) is 4.70. The molecule has 4 aromatic rings. The molecule has 0 unspecified atom stereocenters. The molecule has 150 valence electrons. The minimum absolute atomic E-state index is 0.0396. The smallest absolute Gasteiger partial charge is 0.273 e. The molecule has 1 aromatic heterocycles. The minimum atomic E-state index is 0.0396. The highest BCUT2D eigenvalue weighted by Crippen LogP contribution is 2.47. The van der Waals surface area contributed by atoms with Crippen LogP contribution in [0.5, 0.6) is 0 Å². The first kappa shape index (κ1) is 19.3. The van der Waals surface area contributed by atoms with Gasteiger partial charge in [-0.25, -0.2) is 0 Å². The van der Waals surface area contributed by atoms with E-state index in [0.29, 0.717) is 0 Å². The number of carbonyl (C=O) groups excluding carboxylic acids is 1. The van der Waals surface area contributed by atoms with Gasteiger partial charge in [-0.05, 0) is 35.4 Å². The lowest BCUT2D eigenvalue weighted by Crippen LogP contribution is -2.43. The molecule has 0 fully saturated rings. The third-order valence-corrected chi connectivity index (χ3v) is 6.31. The highest BCUT2D eigenvalue weighted by Gasteiger charge is 2.29. The van der Waals surface area contributed by atoms with Crippen LogP contribution in [-0.2, 0) is 11.3 Å². The van der Waals surface area contributed by atoms with E-state index < -0.39 is 0 Å². The number of rotatable bonds is 4. The van der Waals surface area contributed by atoms with Crippen LogP contribution >= 0.6 is 11.8 Å². The molecule has 31 heavy (non-hydrogen) atoms. The average Bonchev–Trinajstić information content (AvgIpc) is 2.82. The molecule has 0 bridgehead atoms. The van der Waals surface area contributed by atoms with E-state index in [-0.39, 0.29) is 12.5 Å². The molecule has 1 aliphatic rings. The summed E-state index contributed by atoms with van der Waals surface area (Å²) in [6.45, 7) is 0.274. The fourth-order valence-electron chi connectivity index (χ4n) is 3.64. The maximum absolute atomic E-state index is 13.4. The quantitative estimate of drug-likeness (QED) is 0.379. The number of carbonyl (C=O) groups is 1. The monoisotopic (exact) mass is 421 g/mol. The van der Waals surface area contributed by atoms with Gasteiger partial charge in [0.15, 0.2) is 12.4 Å². The molecule has 3 aromatic carbocycles. The van der Waals surface area contributed by atoms with Gasteiger partial charge >= 0.3 is 0 Å². The first-order valence-corrected chi connectivity index (χ1v) is 11.0. The number of anilines is 2. The third kappa shape index (κ3) is 4.16. The predicted octanol–water partition coefficient (Wildman–Crippen LogP) is 5.97. The second-order valence-corrected chi connectivity index (χ2v) is 8.40. The predicted molar refractivity (Wildman–Crippen MR) is 126 cm³/mol. The van der Waals surface area contributed by atoms with Crippen LogP contribution in [0, 0.1) is 0 Å². The lowest BCUT2D eigenvalue weighted by atomic mass is 10.1. The Hall–Kier alpha value is -3.63. The molecule has 5 rings (SSSR count). The summed E-state index contributed by atoms with van der Waals surface area (Å²) in [5.41, 5.74) is 4.14. The van der Waals surface area contributed by atoms with Crippen LogP contribution in [0.4, 0.5) is 11.4 Å². The van der Waals surface area contributed by atoms with E-state index in [9.17, 15) is 4.79 Å². The van der Waals surface area contributed by atoms with E-state index in [2.05, 4.69) is 36.4 Å². The molecular formula is C27H21N2OS+. The highest BCUT2D eigenvalue weighted by molar-refractivity contribution is 7.99. The van der Waals surface area contributed by atoms with Gasteiger partial charge in [-0.3, -0.25) is 9.69 Å². The molecular weight excluding hydrogens is 400 g/mol. The second kappa shape index (κ2) is 8.62. The first-order chi connectivity index (χ1) is 15.3. The van der Waals surface area contributed by atoms with E-state index in [0.717, 1.165) is 32.3 Å². The van der Waals surface area contributed by atoms with Crippen LogP contribution in [-0.4, -0.2) is 5.91 Å². The average molecular weight is 422 g/mol. The number of hydrogen-bond acceptors (Lipinski definition) is 2. The van der Waals surface area contributed by atoms with Crippen molar-refractivity contribution in [2.75, 3.05) is 4.90 Å². The van der Waals surface area contributed by atoms with Crippen LogP contribution < -0.4 is 9.47 Å². The Morgan fingerprint density at radius 3 is 1.84 bits per heavy atom. The van der Waals surface area contributed by atoms with Crippen LogP contribution in [0.2, 0.25) is 0 Å². The number of benzene rings is 3. The van der Waals surface area contributed by atoms with Gasteiger partial charge in [0.2, 0.25) is 6.54 Å². The molecule has 0 N–H and O–H groups in total. The number of aromatic nitrogens is 1. The van der Waals surface area contributed by atoms with Crippen LogP contribution in [0.25, 0.3) is 12.2 Å². The SMILES string of the molecule is O=C(C[n+]1ccc(C=Cc2ccccc2)cc1)N1c2ccccc2Sc2ccccc21. The maximum atomic E-state index is 13.4. The topological polar surface area (TPSA) is 24.2 Å². The number of amides is 1. The molecule has 3 nitrogen and oxygen atoms in total. The van der Waals surface area contributed by atoms with Crippen molar-refractivity contribution in [1.82, 2.24) is 0 Å². The minimum Gasteiger partial charge on any atom is -0.273 e. The maximum Gasteiger partial charge on any atom is 0.297 e. The van der Waals surface area contributed by atoms with Gasteiger partial charge in [0.05, 0.1) is 11.4 Å². The summed E-state index contributed by atoms with van der Waals surface area (Å²) in [5.74, 6) is 0.0396. The van der Waals surface area contributed by atoms with Gasteiger partial charge < -0.3 is 0 Å². The Labute approximate surface area is 186 Å². The largest absolute Gasteiger partial charge is 0.297 e. The van der Waals surface area contributed by atoms with Crippen molar-refractivity contribution in [3.63, 3.8) is 0 Å². The lowest BCUT2D eigenvalue weighted by Gasteiger charge is -2.30. The standard InChI is InChI=1S/C27H21N2OS/c30-27(20-28-18-16-22(17-19-28)15-14-21-8-2-1-3-9-21)29-23-10-4-6-12-25(23)31-26-13-7-5-11-24(26)29/h1-19H,20H2/q+1. The molecule has 0 radical (unpaired) electrons. The Morgan fingerprint density at radius 2 is 1.23 bits per heavy atom. The van der Waals surface area contributed by atoms with Gasteiger partial charge in [0.25, 0.3) is 5.91 Å².